The lowest BCUT2D eigenvalue weighted by atomic mass is 10.1. The highest BCUT2D eigenvalue weighted by Gasteiger charge is 2.26. The Morgan fingerprint density at radius 2 is 2.00 bits per heavy atom. The second-order valence-electron chi connectivity index (χ2n) is 3.94. The molecule has 1 amide bonds. The van der Waals surface area contributed by atoms with Gasteiger partial charge in [-0.2, -0.15) is 0 Å². The first kappa shape index (κ1) is 12.4. The number of likely N-dealkylation sites (tertiary alicyclic amines) is 1. The van der Waals surface area contributed by atoms with Crippen molar-refractivity contribution in [2.75, 3.05) is 25.9 Å². The summed E-state index contributed by atoms with van der Waals surface area (Å²) >= 11 is 0. The molecule has 5 nitrogen and oxygen atoms in total. The minimum Gasteiger partial charge on any atom is -0.369 e. The van der Waals surface area contributed by atoms with Crippen molar-refractivity contribution in [3.8, 4) is 0 Å². The number of piperidine rings is 1. The molecule has 0 saturated carbocycles. The number of carbonyl (C=O) groups excluding carboxylic acids is 1. The number of hydrogen-bond donors (Lipinski definition) is 1. The maximum absolute atomic E-state index is 11.3. The first-order chi connectivity index (χ1) is 6.89. The topological polar surface area (TPSA) is 80.5 Å². The van der Waals surface area contributed by atoms with E-state index in [0.717, 1.165) is 0 Å². The van der Waals surface area contributed by atoms with Gasteiger partial charge in [-0.1, -0.05) is 0 Å². The van der Waals surface area contributed by atoms with Gasteiger partial charge in [0.2, 0.25) is 5.91 Å². The molecule has 1 fully saturated rings. The predicted octanol–water partition coefficient (Wildman–Crippen LogP) is -0.815. The molecule has 0 aromatic carbocycles. The van der Waals surface area contributed by atoms with E-state index in [4.69, 9.17) is 5.73 Å². The molecule has 15 heavy (non-hydrogen) atoms. The standard InChI is InChI=1S/C9H17N2O3S/c1-15(13,14)8-2-5-11(6-3-8)7-4-9(10)12/h4,8H,2-3,5-7H2,1H3,(H2,10,12). The lowest BCUT2D eigenvalue weighted by Crippen LogP contribution is -2.40. The number of rotatable bonds is 4. The molecule has 0 aliphatic carbocycles. The Kier molecular flexibility index (Phi) is 4.10. The minimum atomic E-state index is -2.91. The molecule has 87 valence electrons. The van der Waals surface area contributed by atoms with Crippen molar-refractivity contribution in [2.45, 2.75) is 18.1 Å². The van der Waals surface area contributed by atoms with E-state index in [1.807, 2.05) is 4.90 Å². The van der Waals surface area contributed by atoms with Crippen LogP contribution in [0, 0.1) is 6.42 Å². The summed E-state index contributed by atoms with van der Waals surface area (Å²) in [4.78, 5) is 12.5. The highest BCUT2D eigenvalue weighted by Crippen LogP contribution is 2.16. The molecule has 0 bridgehead atoms. The summed E-state index contributed by atoms with van der Waals surface area (Å²) in [5, 5.41) is -0.220. The first-order valence-electron chi connectivity index (χ1n) is 4.93. The summed E-state index contributed by atoms with van der Waals surface area (Å²) < 4.78 is 22.5. The molecule has 0 aromatic heterocycles. The van der Waals surface area contributed by atoms with Gasteiger partial charge >= 0.3 is 0 Å². The summed E-state index contributed by atoms with van der Waals surface area (Å²) in [6, 6.07) is 0. The van der Waals surface area contributed by atoms with Gasteiger partial charge in [-0.3, -0.25) is 4.79 Å². The zero-order valence-electron chi connectivity index (χ0n) is 8.85. The van der Waals surface area contributed by atoms with E-state index >= 15 is 0 Å². The SMILES string of the molecule is CS(=O)(=O)C1CCN(C[CH]C(N)=O)CC1. The van der Waals surface area contributed by atoms with Crippen molar-refractivity contribution in [3.63, 3.8) is 0 Å². The van der Waals surface area contributed by atoms with Crippen molar-refractivity contribution in [2.24, 2.45) is 5.73 Å². The van der Waals surface area contributed by atoms with Crippen molar-refractivity contribution in [3.05, 3.63) is 6.42 Å². The second kappa shape index (κ2) is 4.94. The summed E-state index contributed by atoms with van der Waals surface area (Å²) in [7, 11) is -2.91. The van der Waals surface area contributed by atoms with E-state index in [-0.39, 0.29) is 5.25 Å². The van der Waals surface area contributed by atoms with Crippen LogP contribution in [0.15, 0.2) is 0 Å². The van der Waals surface area contributed by atoms with E-state index in [2.05, 4.69) is 0 Å². The number of carbonyl (C=O) groups is 1. The third-order valence-electron chi connectivity index (χ3n) is 2.69. The number of primary amides is 1. The molecule has 6 heteroatoms. The highest BCUT2D eigenvalue weighted by atomic mass is 32.2. The fourth-order valence-electron chi connectivity index (χ4n) is 1.74. The van der Waals surface area contributed by atoms with Gasteiger partial charge in [0.05, 0.1) is 11.7 Å². The first-order valence-corrected chi connectivity index (χ1v) is 6.89. The van der Waals surface area contributed by atoms with Crippen LogP contribution in [-0.4, -0.2) is 50.4 Å². The van der Waals surface area contributed by atoms with Crippen LogP contribution in [0.5, 0.6) is 0 Å². The van der Waals surface area contributed by atoms with E-state index in [1.54, 1.807) is 0 Å². The van der Waals surface area contributed by atoms with Gasteiger partial charge in [-0.05, 0) is 25.9 Å². The summed E-state index contributed by atoms with van der Waals surface area (Å²) in [6.45, 7) is 1.94. The third kappa shape index (κ3) is 4.17. The van der Waals surface area contributed by atoms with Crippen LogP contribution >= 0.6 is 0 Å². The van der Waals surface area contributed by atoms with E-state index in [9.17, 15) is 13.2 Å². The molecule has 1 rings (SSSR count). The molecule has 1 saturated heterocycles. The molecule has 0 unspecified atom stereocenters. The smallest absolute Gasteiger partial charge is 0.222 e. The largest absolute Gasteiger partial charge is 0.369 e. The molecule has 1 aliphatic heterocycles. The van der Waals surface area contributed by atoms with Crippen LogP contribution in [0.4, 0.5) is 0 Å². The third-order valence-corrected chi connectivity index (χ3v) is 4.37. The minimum absolute atomic E-state index is 0.220. The van der Waals surface area contributed by atoms with Crippen molar-refractivity contribution >= 4 is 15.7 Å². The Bertz CT molecular complexity index is 318. The Morgan fingerprint density at radius 3 is 2.40 bits per heavy atom. The van der Waals surface area contributed by atoms with Gasteiger partial charge in [0.25, 0.3) is 0 Å². The van der Waals surface area contributed by atoms with Crippen LogP contribution in [0.1, 0.15) is 12.8 Å². The van der Waals surface area contributed by atoms with E-state index in [0.29, 0.717) is 32.5 Å². The average molecular weight is 233 g/mol. The Morgan fingerprint density at radius 1 is 1.47 bits per heavy atom. The summed E-state index contributed by atoms with van der Waals surface area (Å²) in [5.74, 6) is -0.430. The van der Waals surface area contributed by atoms with Crippen molar-refractivity contribution in [1.29, 1.82) is 0 Å². The number of nitrogens with zero attached hydrogens (tertiary/aromatic N) is 1. The Hall–Kier alpha value is -0.620. The molecular formula is C9H17N2O3S. The quantitative estimate of drug-likeness (QED) is 0.688. The van der Waals surface area contributed by atoms with Gasteiger partial charge < -0.3 is 10.6 Å². The van der Waals surface area contributed by atoms with Gasteiger partial charge in [0.15, 0.2) is 0 Å². The van der Waals surface area contributed by atoms with Gasteiger partial charge in [0, 0.05) is 12.8 Å². The number of nitrogens with two attached hydrogens (primary N) is 1. The lowest BCUT2D eigenvalue weighted by Gasteiger charge is -2.30. The van der Waals surface area contributed by atoms with Crippen molar-refractivity contribution < 1.29 is 13.2 Å². The number of hydrogen-bond acceptors (Lipinski definition) is 4. The molecule has 0 atom stereocenters. The van der Waals surface area contributed by atoms with Crippen LogP contribution in [-0.2, 0) is 14.6 Å². The number of sulfone groups is 1. The van der Waals surface area contributed by atoms with E-state index in [1.165, 1.54) is 12.7 Å². The zero-order valence-corrected chi connectivity index (χ0v) is 9.66. The van der Waals surface area contributed by atoms with Crippen molar-refractivity contribution in [1.82, 2.24) is 4.90 Å². The normalized spacial score (nSPS) is 20.3. The van der Waals surface area contributed by atoms with Crippen LogP contribution in [0.3, 0.4) is 0 Å². The summed E-state index contributed by atoms with van der Waals surface area (Å²) in [5.41, 5.74) is 4.99. The fraction of sp³-hybridized carbons (Fsp3) is 0.778. The number of amides is 1. The lowest BCUT2D eigenvalue weighted by molar-refractivity contribution is -0.115. The summed E-state index contributed by atoms with van der Waals surface area (Å²) in [6.07, 6.45) is 3.99. The molecule has 1 heterocycles. The van der Waals surface area contributed by atoms with Crippen LogP contribution in [0.2, 0.25) is 0 Å². The highest BCUT2D eigenvalue weighted by molar-refractivity contribution is 7.91. The molecule has 0 aromatic rings. The average Bonchev–Trinajstić information content (AvgIpc) is 2.14. The Labute approximate surface area is 90.5 Å². The van der Waals surface area contributed by atoms with Crippen LogP contribution in [0.25, 0.3) is 0 Å². The molecule has 0 spiro atoms. The molecular weight excluding hydrogens is 216 g/mol. The zero-order chi connectivity index (χ0) is 11.5. The maximum Gasteiger partial charge on any atom is 0.222 e. The van der Waals surface area contributed by atoms with E-state index < -0.39 is 15.7 Å². The Balaban J connectivity index is 2.33. The van der Waals surface area contributed by atoms with Gasteiger partial charge in [0.1, 0.15) is 9.84 Å². The monoisotopic (exact) mass is 233 g/mol. The molecule has 1 aliphatic rings. The molecule has 2 N–H and O–H groups in total. The predicted molar refractivity (Wildman–Crippen MR) is 57.8 cm³/mol. The van der Waals surface area contributed by atoms with Gasteiger partial charge in [-0.25, -0.2) is 8.42 Å². The second-order valence-corrected chi connectivity index (χ2v) is 6.26. The molecule has 1 radical (unpaired) electrons. The maximum atomic E-state index is 11.3. The van der Waals surface area contributed by atoms with Crippen LogP contribution < -0.4 is 5.73 Å². The van der Waals surface area contributed by atoms with Gasteiger partial charge in [-0.15, -0.1) is 0 Å². The fourth-order valence-corrected chi connectivity index (χ4v) is 2.81.